The molecule has 0 bridgehead atoms. The number of nitrogens with zero attached hydrogens (tertiary/aromatic N) is 1. The molecule has 1 heterocycles. The molecule has 1 unspecified atom stereocenters. The lowest BCUT2D eigenvalue weighted by atomic mass is 10.1. The maximum Gasteiger partial charge on any atom is 0.319 e. The predicted molar refractivity (Wildman–Crippen MR) is 88.3 cm³/mol. The van der Waals surface area contributed by atoms with Crippen molar-refractivity contribution >= 4 is 29.2 Å². The summed E-state index contributed by atoms with van der Waals surface area (Å²) in [5, 5.41) is 8.15. The van der Waals surface area contributed by atoms with Gasteiger partial charge in [0.05, 0.1) is 0 Å². The molecule has 23 heavy (non-hydrogen) atoms. The second-order valence-electron chi connectivity index (χ2n) is 5.56. The van der Waals surface area contributed by atoms with E-state index < -0.39 is 12.1 Å². The molecule has 1 aliphatic heterocycles. The Balaban J connectivity index is 1.92. The van der Waals surface area contributed by atoms with Crippen LogP contribution >= 0.6 is 0 Å². The smallest absolute Gasteiger partial charge is 0.319 e. The van der Waals surface area contributed by atoms with E-state index in [2.05, 4.69) is 16.0 Å². The van der Waals surface area contributed by atoms with E-state index in [9.17, 15) is 14.4 Å². The van der Waals surface area contributed by atoms with Crippen LogP contribution in [0, 0.1) is 0 Å². The number of carbonyl (C=O) groups is 3. The number of rotatable bonds is 3. The number of anilines is 2. The Morgan fingerprint density at radius 2 is 1.91 bits per heavy atom. The van der Waals surface area contributed by atoms with Gasteiger partial charge in [-0.05, 0) is 43.5 Å². The van der Waals surface area contributed by atoms with E-state index in [0.717, 1.165) is 18.5 Å². The van der Waals surface area contributed by atoms with Gasteiger partial charge in [0.1, 0.15) is 6.04 Å². The van der Waals surface area contributed by atoms with E-state index in [0.29, 0.717) is 18.7 Å². The van der Waals surface area contributed by atoms with Gasteiger partial charge in [-0.15, -0.1) is 0 Å². The quantitative estimate of drug-likeness (QED) is 0.788. The highest BCUT2D eigenvalue weighted by Crippen LogP contribution is 2.17. The van der Waals surface area contributed by atoms with Crippen LogP contribution in [-0.4, -0.2) is 37.5 Å². The molecule has 1 aromatic carbocycles. The van der Waals surface area contributed by atoms with E-state index in [1.165, 1.54) is 11.8 Å². The summed E-state index contributed by atoms with van der Waals surface area (Å²) in [5.41, 5.74) is 1.34. The number of hydrogen-bond donors (Lipinski definition) is 3. The summed E-state index contributed by atoms with van der Waals surface area (Å²) < 4.78 is 0. The molecule has 7 nitrogen and oxygen atoms in total. The monoisotopic (exact) mass is 318 g/mol. The van der Waals surface area contributed by atoms with Gasteiger partial charge in [0, 0.05) is 31.9 Å². The first-order valence-electron chi connectivity index (χ1n) is 7.67. The summed E-state index contributed by atoms with van der Waals surface area (Å²) in [6.07, 6.45) is 2.47. The van der Waals surface area contributed by atoms with Crippen LogP contribution < -0.4 is 20.9 Å². The zero-order chi connectivity index (χ0) is 16.8. The van der Waals surface area contributed by atoms with Gasteiger partial charge in [-0.25, -0.2) is 4.79 Å². The minimum atomic E-state index is -0.499. The van der Waals surface area contributed by atoms with Crippen molar-refractivity contribution in [2.24, 2.45) is 0 Å². The summed E-state index contributed by atoms with van der Waals surface area (Å²) in [6.45, 7) is 2.14. The van der Waals surface area contributed by atoms with E-state index >= 15 is 0 Å². The molecule has 0 saturated carbocycles. The highest BCUT2D eigenvalue weighted by atomic mass is 16.2. The molecule has 1 atom stereocenters. The van der Waals surface area contributed by atoms with Crippen molar-refractivity contribution in [1.82, 2.24) is 10.6 Å². The molecule has 4 amide bonds. The third kappa shape index (κ3) is 4.70. The molecular weight excluding hydrogens is 296 g/mol. The second-order valence-corrected chi connectivity index (χ2v) is 5.56. The molecule has 124 valence electrons. The van der Waals surface area contributed by atoms with Crippen LogP contribution in [-0.2, 0) is 9.59 Å². The average Bonchev–Trinajstić information content (AvgIpc) is 2.72. The molecule has 0 spiro atoms. The lowest BCUT2D eigenvalue weighted by Gasteiger charge is -2.17. The Morgan fingerprint density at radius 1 is 1.22 bits per heavy atom. The van der Waals surface area contributed by atoms with Crippen LogP contribution in [0.3, 0.4) is 0 Å². The van der Waals surface area contributed by atoms with Gasteiger partial charge in [0.15, 0.2) is 0 Å². The first-order valence-corrected chi connectivity index (χ1v) is 7.67. The molecule has 3 N–H and O–H groups in total. The van der Waals surface area contributed by atoms with E-state index in [1.54, 1.807) is 31.3 Å². The van der Waals surface area contributed by atoms with Gasteiger partial charge < -0.3 is 20.9 Å². The van der Waals surface area contributed by atoms with Gasteiger partial charge in [0.2, 0.25) is 11.8 Å². The highest BCUT2D eigenvalue weighted by molar-refractivity contribution is 5.94. The summed E-state index contributed by atoms with van der Waals surface area (Å²) >= 11 is 0. The van der Waals surface area contributed by atoms with Crippen LogP contribution in [0.4, 0.5) is 16.2 Å². The maximum atomic E-state index is 12.0. The number of carbonyl (C=O) groups excluding carboxylic acids is 3. The Hall–Kier alpha value is -2.57. The molecule has 0 aliphatic carbocycles. The SMILES string of the molecule is CC(=O)N(C)c1ccc(NC(=O)NC2CCCCNC2=O)cc1. The fraction of sp³-hybridized carbons (Fsp3) is 0.438. The first kappa shape index (κ1) is 16.8. The second kappa shape index (κ2) is 7.62. The normalized spacial score (nSPS) is 17.7. The topological polar surface area (TPSA) is 90.5 Å². The highest BCUT2D eigenvalue weighted by Gasteiger charge is 2.22. The molecule has 7 heteroatoms. The zero-order valence-corrected chi connectivity index (χ0v) is 13.4. The van der Waals surface area contributed by atoms with Crippen LogP contribution in [0.15, 0.2) is 24.3 Å². The molecular formula is C16H22N4O3. The van der Waals surface area contributed by atoms with E-state index in [-0.39, 0.29) is 11.8 Å². The lowest BCUT2D eigenvalue weighted by Crippen LogP contribution is -2.47. The number of hydrogen-bond acceptors (Lipinski definition) is 3. The standard InChI is InChI=1S/C16H22N4O3/c1-11(21)20(2)13-8-6-12(7-9-13)18-16(23)19-14-5-3-4-10-17-15(14)22/h6-9,14H,3-5,10H2,1-2H3,(H,17,22)(H2,18,19,23). The summed E-state index contributed by atoms with van der Waals surface area (Å²) in [6, 6.07) is 5.99. The van der Waals surface area contributed by atoms with Crippen molar-refractivity contribution < 1.29 is 14.4 Å². The molecule has 1 saturated heterocycles. The minimum absolute atomic E-state index is 0.0668. The van der Waals surface area contributed by atoms with Crippen molar-refractivity contribution in [1.29, 1.82) is 0 Å². The molecule has 1 aromatic rings. The van der Waals surface area contributed by atoms with Crippen molar-refractivity contribution in [2.45, 2.75) is 32.2 Å². The van der Waals surface area contributed by atoms with Gasteiger partial charge in [-0.3, -0.25) is 9.59 Å². The number of urea groups is 1. The van der Waals surface area contributed by atoms with Crippen molar-refractivity contribution in [3.8, 4) is 0 Å². The molecule has 0 aromatic heterocycles. The van der Waals surface area contributed by atoms with Crippen LogP contribution in [0.5, 0.6) is 0 Å². The number of benzene rings is 1. The summed E-state index contributed by atoms with van der Waals surface area (Å²) in [4.78, 5) is 36.6. The molecule has 2 rings (SSSR count). The zero-order valence-electron chi connectivity index (χ0n) is 13.4. The molecule has 1 fully saturated rings. The lowest BCUT2D eigenvalue weighted by molar-refractivity contribution is -0.122. The first-order chi connectivity index (χ1) is 11.0. The largest absolute Gasteiger partial charge is 0.354 e. The fourth-order valence-electron chi connectivity index (χ4n) is 2.35. The van der Waals surface area contributed by atoms with Crippen molar-refractivity contribution in [3.05, 3.63) is 24.3 Å². The van der Waals surface area contributed by atoms with Crippen molar-refractivity contribution in [2.75, 3.05) is 23.8 Å². The Bertz CT molecular complexity index is 585. The van der Waals surface area contributed by atoms with Gasteiger partial charge in [-0.1, -0.05) is 0 Å². The third-order valence-electron chi connectivity index (χ3n) is 3.83. The summed E-state index contributed by atoms with van der Waals surface area (Å²) in [7, 11) is 1.68. The summed E-state index contributed by atoms with van der Waals surface area (Å²) in [5.74, 6) is -0.209. The Kier molecular flexibility index (Phi) is 5.56. The van der Waals surface area contributed by atoms with Crippen molar-refractivity contribution in [3.63, 3.8) is 0 Å². The Labute approximate surface area is 135 Å². The van der Waals surface area contributed by atoms with Gasteiger partial charge >= 0.3 is 6.03 Å². The van der Waals surface area contributed by atoms with E-state index in [1.807, 2.05) is 0 Å². The van der Waals surface area contributed by atoms with Crippen LogP contribution in [0.1, 0.15) is 26.2 Å². The maximum absolute atomic E-state index is 12.0. The molecule has 1 aliphatic rings. The van der Waals surface area contributed by atoms with Crippen LogP contribution in [0.25, 0.3) is 0 Å². The van der Waals surface area contributed by atoms with Crippen LogP contribution in [0.2, 0.25) is 0 Å². The molecule has 0 radical (unpaired) electrons. The number of nitrogens with one attached hydrogen (secondary N) is 3. The van der Waals surface area contributed by atoms with Gasteiger partial charge in [-0.2, -0.15) is 0 Å². The Morgan fingerprint density at radius 3 is 2.57 bits per heavy atom. The van der Waals surface area contributed by atoms with E-state index in [4.69, 9.17) is 0 Å². The fourth-order valence-corrected chi connectivity index (χ4v) is 2.35. The average molecular weight is 318 g/mol. The third-order valence-corrected chi connectivity index (χ3v) is 3.83. The number of amides is 4. The predicted octanol–water partition coefficient (Wildman–Crippen LogP) is 1.46. The minimum Gasteiger partial charge on any atom is -0.354 e. The van der Waals surface area contributed by atoms with Gasteiger partial charge in [0.25, 0.3) is 0 Å².